The van der Waals surface area contributed by atoms with Crippen LogP contribution in [-0.4, -0.2) is 32.7 Å². The summed E-state index contributed by atoms with van der Waals surface area (Å²) in [5.74, 6) is 0.172. The quantitative estimate of drug-likeness (QED) is 0.691. The minimum atomic E-state index is -0.684. The minimum absolute atomic E-state index is 0.363. The number of nitrogens with one attached hydrogen (secondary N) is 2. The maximum atomic E-state index is 13.9. The zero-order valence-corrected chi connectivity index (χ0v) is 15.9. The summed E-state index contributed by atoms with van der Waals surface area (Å²) in [4.78, 5) is 13.3. The van der Waals surface area contributed by atoms with Crippen LogP contribution in [0.4, 0.5) is 16.0 Å². The largest absolute Gasteiger partial charge is 0.492 e. The Morgan fingerprint density at radius 3 is 2.90 bits per heavy atom. The lowest BCUT2D eigenvalue weighted by Gasteiger charge is -2.28. The summed E-state index contributed by atoms with van der Waals surface area (Å²) in [6.07, 6.45) is 0. The second-order valence-corrected chi connectivity index (χ2v) is 6.45. The first-order chi connectivity index (χ1) is 14.1. The number of nitrogens with zero attached hydrogens (tertiary/aromatic N) is 4. The third kappa shape index (κ3) is 3.54. The van der Waals surface area contributed by atoms with Gasteiger partial charge in [0.1, 0.15) is 17.6 Å². The molecule has 1 unspecified atom stereocenters. The molecule has 0 saturated carbocycles. The van der Waals surface area contributed by atoms with Gasteiger partial charge in [-0.05, 0) is 54.1 Å². The van der Waals surface area contributed by atoms with E-state index in [1.54, 1.807) is 31.2 Å². The zero-order chi connectivity index (χ0) is 20.4. The van der Waals surface area contributed by atoms with Crippen LogP contribution < -0.4 is 15.4 Å². The SMILES string of the molecule is CCOc1ccccc1NC(=O)C1=C(C)Nc2nnnn2C1c1cccc(F)c1. The van der Waals surface area contributed by atoms with E-state index < -0.39 is 11.9 Å². The van der Waals surface area contributed by atoms with Crippen LogP contribution in [-0.2, 0) is 4.79 Å². The van der Waals surface area contributed by atoms with E-state index >= 15 is 0 Å². The number of tetrazole rings is 1. The van der Waals surface area contributed by atoms with Crippen LogP contribution >= 0.6 is 0 Å². The van der Waals surface area contributed by atoms with Gasteiger partial charge in [-0.3, -0.25) is 4.79 Å². The molecule has 0 radical (unpaired) electrons. The molecular weight excluding hydrogens is 375 g/mol. The molecule has 3 aromatic rings. The highest BCUT2D eigenvalue weighted by Gasteiger charge is 2.34. The first-order valence-electron chi connectivity index (χ1n) is 9.12. The Bertz CT molecular complexity index is 1090. The topological polar surface area (TPSA) is 94.0 Å². The molecule has 1 aliphatic rings. The highest BCUT2D eigenvalue weighted by atomic mass is 19.1. The highest BCUT2D eigenvalue weighted by molar-refractivity contribution is 6.06. The Balaban J connectivity index is 1.75. The van der Waals surface area contributed by atoms with Gasteiger partial charge in [-0.25, -0.2) is 4.39 Å². The minimum Gasteiger partial charge on any atom is -0.492 e. The number of fused-ring (bicyclic) bond motifs is 1. The number of carbonyl (C=O) groups is 1. The van der Waals surface area contributed by atoms with Crippen LogP contribution in [0, 0.1) is 5.82 Å². The average molecular weight is 394 g/mol. The van der Waals surface area contributed by atoms with E-state index in [9.17, 15) is 9.18 Å². The maximum Gasteiger partial charge on any atom is 0.255 e. The zero-order valence-electron chi connectivity index (χ0n) is 15.9. The van der Waals surface area contributed by atoms with Gasteiger partial charge < -0.3 is 15.4 Å². The number of para-hydroxylation sites is 2. The van der Waals surface area contributed by atoms with E-state index in [4.69, 9.17) is 4.74 Å². The van der Waals surface area contributed by atoms with Crippen LogP contribution in [0.5, 0.6) is 5.75 Å². The second-order valence-electron chi connectivity index (χ2n) is 6.45. The number of hydrogen-bond donors (Lipinski definition) is 2. The summed E-state index contributed by atoms with van der Waals surface area (Å²) in [7, 11) is 0. The normalized spacial score (nSPS) is 15.5. The van der Waals surface area contributed by atoms with Gasteiger partial charge in [0.2, 0.25) is 5.95 Å². The predicted molar refractivity (Wildman–Crippen MR) is 105 cm³/mol. The Morgan fingerprint density at radius 1 is 1.28 bits per heavy atom. The number of amides is 1. The van der Waals surface area contributed by atoms with Gasteiger partial charge in [-0.15, -0.1) is 0 Å². The van der Waals surface area contributed by atoms with E-state index in [-0.39, 0.29) is 5.91 Å². The molecule has 8 nitrogen and oxygen atoms in total. The van der Waals surface area contributed by atoms with E-state index in [2.05, 4.69) is 26.2 Å². The Kier molecular flexibility index (Phi) is 4.94. The fourth-order valence-corrected chi connectivity index (χ4v) is 3.33. The number of anilines is 2. The lowest BCUT2D eigenvalue weighted by atomic mass is 9.95. The molecule has 9 heteroatoms. The average Bonchev–Trinajstić information content (AvgIpc) is 3.16. The van der Waals surface area contributed by atoms with Crippen LogP contribution in [0.2, 0.25) is 0 Å². The number of ether oxygens (including phenoxy) is 1. The number of rotatable bonds is 5. The van der Waals surface area contributed by atoms with Crippen molar-refractivity contribution in [2.75, 3.05) is 17.2 Å². The van der Waals surface area contributed by atoms with E-state index in [0.29, 0.717) is 40.8 Å². The van der Waals surface area contributed by atoms with Crippen LogP contribution in [0.15, 0.2) is 59.8 Å². The smallest absolute Gasteiger partial charge is 0.255 e. The van der Waals surface area contributed by atoms with Crippen LogP contribution in [0.25, 0.3) is 0 Å². The Labute approximate surface area is 166 Å². The molecule has 0 aliphatic carbocycles. The van der Waals surface area contributed by atoms with Crippen molar-refractivity contribution in [1.29, 1.82) is 0 Å². The number of carbonyl (C=O) groups excluding carboxylic acids is 1. The molecule has 2 aromatic carbocycles. The third-order valence-corrected chi connectivity index (χ3v) is 4.56. The fraction of sp³-hybridized carbons (Fsp3) is 0.200. The molecule has 1 atom stereocenters. The van der Waals surface area contributed by atoms with Gasteiger partial charge in [0.25, 0.3) is 5.91 Å². The van der Waals surface area contributed by atoms with Crippen molar-refractivity contribution >= 4 is 17.5 Å². The molecular formula is C20H19FN6O2. The summed E-state index contributed by atoms with van der Waals surface area (Å²) in [5.41, 5.74) is 2.05. The van der Waals surface area contributed by atoms with Gasteiger partial charge in [0, 0.05) is 5.70 Å². The summed E-state index contributed by atoms with van der Waals surface area (Å²) in [6.45, 7) is 4.10. The first-order valence-corrected chi connectivity index (χ1v) is 9.12. The molecule has 0 bridgehead atoms. The second kappa shape index (κ2) is 7.70. The van der Waals surface area contributed by atoms with Gasteiger partial charge in [-0.2, -0.15) is 4.68 Å². The lowest BCUT2D eigenvalue weighted by molar-refractivity contribution is -0.113. The van der Waals surface area contributed by atoms with Crippen LogP contribution in [0.1, 0.15) is 25.5 Å². The molecule has 29 heavy (non-hydrogen) atoms. The molecule has 2 N–H and O–H groups in total. The lowest BCUT2D eigenvalue weighted by Crippen LogP contribution is -2.31. The molecule has 4 rings (SSSR count). The molecule has 0 spiro atoms. The van der Waals surface area contributed by atoms with Crippen molar-refractivity contribution in [1.82, 2.24) is 20.2 Å². The van der Waals surface area contributed by atoms with Gasteiger partial charge >= 0.3 is 0 Å². The van der Waals surface area contributed by atoms with Gasteiger partial charge in [-0.1, -0.05) is 29.4 Å². The van der Waals surface area contributed by atoms with Gasteiger partial charge in [0.15, 0.2) is 0 Å². The molecule has 1 amide bonds. The Hall–Kier alpha value is -3.75. The summed E-state index contributed by atoms with van der Waals surface area (Å²) in [6, 6.07) is 12.5. The molecule has 0 saturated heterocycles. The fourth-order valence-electron chi connectivity index (χ4n) is 3.33. The summed E-state index contributed by atoms with van der Waals surface area (Å²) < 4.78 is 21.0. The van der Waals surface area contributed by atoms with Crippen molar-refractivity contribution in [3.8, 4) is 5.75 Å². The van der Waals surface area contributed by atoms with Crippen molar-refractivity contribution in [3.05, 3.63) is 71.2 Å². The third-order valence-electron chi connectivity index (χ3n) is 4.56. The number of halogens is 1. The standard InChI is InChI=1S/C20H19FN6O2/c1-3-29-16-10-5-4-9-15(16)23-19(28)17-12(2)22-20-24-25-26-27(20)18(17)13-7-6-8-14(21)11-13/h4-11,18H,3H2,1-2H3,(H,23,28)(H,22,24,26). The highest BCUT2D eigenvalue weighted by Crippen LogP contribution is 2.35. The Morgan fingerprint density at radius 2 is 2.10 bits per heavy atom. The van der Waals surface area contributed by atoms with Crippen LogP contribution in [0.3, 0.4) is 0 Å². The van der Waals surface area contributed by atoms with E-state index in [1.165, 1.54) is 16.8 Å². The first kappa shape index (κ1) is 18.6. The van der Waals surface area contributed by atoms with Crippen molar-refractivity contribution in [3.63, 3.8) is 0 Å². The van der Waals surface area contributed by atoms with Gasteiger partial charge in [0.05, 0.1) is 17.9 Å². The molecule has 2 heterocycles. The van der Waals surface area contributed by atoms with Crippen molar-refractivity contribution in [2.24, 2.45) is 0 Å². The monoisotopic (exact) mass is 394 g/mol. The maximum absolute atomic E-state index is 13.9. The molecule has 148 valence electrons. The number of aromatic nitrogens is 4. The van der Waals surface area contributed by atoms with Crippen molar-refractivity contribution < 1.29 is 13.9 Å². The molecule has 1 aliphatic heterocycles. The molecule has 1 aromatic heterocycles. The number of hydrogen-bond acceptors (Lipinski definition) is 6. The predicted octanol–water partition coefficient (Wildman–Crippen LogP) is 3.14. The van der Waals surface area contributed by atoms with Crippen molar-refractivity contribution in [2.45, 2.75) is 19.9 Å². The molecule has 0 fully saturated rings. The number of allylic oxidation sites excluding steroid dienone is 1. The van der Waals surface area contributed by atoms with E-state index in [1.807, 2.05) is 19.1 Å². The summed E-state index contributed by atoms with van der Waals surface area (Å²) >= 11 is 0. The van der Waals surface area contributed by atoms with E-state index in [0.717, 1.165) is 0 Å². The number of benzene rings is 2. The summed E-state index contributed by atoms with van der Waals surface area (Å²) in [5, 5.41) is 17.5.